The molecular weight excluding hydrogens is 162 g/mol. The van der Waals surface area contributed by atoms with E-state index in [1.54, 1.807) is 17.5 Å². The molecule has 0 amide bonds. The van der Waals surface area contributed by atoms with Crippen LogP contribution < -0.4 is 0 Å². The van der Waals surface area contributed by atoms with Crippen LogP contribution in [0.1, 0.15) is 10.7 Å². The molecule has 1 rings (SSSR count). The van der Waals surface area contributed by atoms with E-state index in [1.165, 1.54) is 11.3 Å². The molecule has 4 heteroatoms. The molecule has 1 heterocycles. The number of aliphatic hydroxyl groups excluding tert-OH is 2. The molecule has 0 radical (unpaired) electrons. The van der Waals surface area contributed by atoms with Crippen molar-refractivity contribution in [1.29, 1.82) is 0 Å². The first-order valence-electron chi connectivity index (χ1n) is 3.19. The quantitative estimate of drug-likeness (QED) is 0.701. The SMILES string of the molecule is OCC=Cc1nc(CO)cs1. The van der Waals surface area contributed by atoms with Crippen molar-refractivity contribution in [2.75, 3.05) is 6.61 Å². The molecule has 1 aromatic heterocycles. The third-order valence-electron chi connectivity index (χ3n) is 1.10. The van der Waals surface area contributed by atoms with Crippen LogP contribution in [0, 0.1) is 0 Å². The monoisotopic (exact) mass is 171 g/mol. The van der Waals surface area contributed by atoms with E-state index in [1.807, 2.05) is 0 Å². The summed E-state index contributed by atoms with van der Waals surface area (Å²) in [5.41, 5.74) is 0.674. The number of thiazole rings is 1. The van der Waals surface area contributed by atoms with Crippen molar-refractivity contribution in [2.24, 2.45) is 0 Å². The van der Waals surface area contributed by atoms with Crippen LogP contribution in [-0.2, 0) is 6.61 Å². The highest BCUT2D eigenvalue weighted by atomic mass is 32.1. The lowest BCUT2D eigenvalue weighted by atomic mass is 10.5. The first kappa shape index (κ1) is 8.39. The maximum absolute atomic E-state index is 8.65. The van der Waals surface area contributed by atoms with E-state index in [0.29, 0.717) is 5.69 Å². The Morgan fingerprint density at radius 1 is 1.55 bits per heavy atom. The summed E-state index contributed by atoms with van der Waals surface area (Å²) >= 11 is 1.45. The molecule has 0 aliphatic heterocycles. The Labute approximate surface area is 68.7 Å². The van der Waals surface area contributed by atoms with E-state index >= 15 is 0 Å². The summed E-state index contributed by atoms with van der Waals surface area (Å²) in [4.78, 5) is 4.04. The Balaban J connectivity index is 2.65. The van der Waals surface area contributed by atoms with Crippen LogP contribution in [0.5, 0.6) is 0 Å². The minimum Gasteiger partial charge on any atom is -0.392 e. The van der Waals surface area contributed by atoms with Gasteiger partial charge in [0, 0.05) is 5.38 Å². The molecule has 2 N–H and O–H groups in total. The highest BCUT2D eigenvalue weighted by molar-refractivity contribution is 7.10. The first-order chi connectivity index (χ1) is 5.36. The van der Waals surface area contributed by atoms with E-state index in [4.69, 9.17) is 10.2 Å². The van der Waals surface area contributed by atoms with Crippen LogP contribution in [0.3, 0.4) is 0 Å². The third-order valence-corrected chi connectivity index (χ3v) is 1.96. The van der Waals surface area contributed by atoms with Gasteiger partial charge in [-0.25, -0.2) is 4.98 Å². The Morgan fingerprint density at radius 3 is 2.91 bits per heavy atom. The summed E-state index contributed by atoms with van der Waals surface area (Å²) in [5.74, 6) is 0. The lowest BCUT2D eigenvalue weighted by Gasteiger charge is -1.82. The average molecular weight is 171 g/mol. The van der Waals surface area contributed by atoms with Crippen LogP contribution in [0.15, 0.2) is 11.5 Å². The zero-order valence-corrected chi connectivity index (χ0v) is 6.71. The van der Waals surface area contributed by atoms with E-state index in [0.717, 1.165) is 5.01 Å². The van der Waals surface area contributed by atoms with E-state index in [9.17, 15) is 0 Å². The molecule has 0 saturated carbocycles. The highest BCUT2D eigenvalue weighted by Gasteiger charge is 1.95. The second-order valence-electron chi connectivity index (χ2n) is 1.92. The number of rotatable bonds is 3. The molecular formula is C7H9NO2S. The van der Waals surface area contributed by atoms with Gasteiger partial charge in [-0.05, 0) is 6.08 Å². The summed E-state index contributed by atoms with van der Waals surface area (Å²) in [5, 5.41) is 19.7. The number of hydrogen-bond acceptors (Lipinski definition) is 4. The van der Waals surface area contributed by atoms with Crippen LogP contribution >= 0.6 is 11.3 Å². The van der Waals surface area contributed by atoms with Crippen molar-refractivity contribution in [1.82, 2.24) is 4.98 Å². The summed E-state index contributed by atoms with van der Waals surface area (Å²) in [7, 11) is 0. The molecule has 1 aromatic rings. The lowest BCUT2D eigenvalue weighted by Crippen LogP contribution is -1.81. The average Bonchev–Trinajstić information content (AvgIpc) is 2.48. The predicted octanol–water partition coefficient (Wildman–Crippen LogP) is 0.641. The smallest absolute Gasteiger partial charge is 0.116 e. The van der Waals surface area contributed by atoms with Gasteiger partial charge in [0.2, 0.25) is 0 Å². The normalized spacial score (nSPS) is 11.1. The van der Waals surface area contributed by atoms with Crippen LogP contribution in [-0.4, -0.2) is 21.8 Å². The van der Waals surface area contributed by atoms with Crippen LogP contribution in [0.25, 0.3) is 6.08 Å². The third kappa shape index (κ3) is 2.42. The maximum Gasteiger partial charge on any atom is 0.116 e. The topological polar surface area (TPSA) is 53.4 Å². The molecule has 0 aliphatic carbocycles. The standard InChI is InChI=1S/C7H9NO2S/c9-3-1-2-7-8-6(4-10)5-11-7/h1-2,5,9-10H,3-4H2. The molecule has 11 heavy (non-hydrogen) atoms. The molecule has 0 aromatic carbocycles. The van der Waals surface area contributed by atoms with Crippen molar-refractivity contribution < 1.29 is 10.2 Å². The summed E-state index contributed by atoms with van der Waals surface area (Å²) in [6.07, 6.45) is 3.34. The fraction of sp³-hybridized carbons (Fsp3) is 0.286. The van der Waals surface area contributed by atoms with Gasteiger partial charge < -0.3 is 10.2 Å². The van der Waals surface area contributed by atoms with E-state index in [-0.39, 0.29) is 13.2 Å². The van der Waals surface area contributed by atoms with Gasteiger partial charge in [0.25, 0.3) is 0 Å². The van der Waals surface area contributed by atoms with Crippen molar-refractivity contribution in [2.45, 2.75) is 6.61 Å². The van der Waals surface area contributed by atoms with Crippen LogP contribution in [0.2, 0.25) is 0 Å². The molecule has 0 unspecified atom stereocenters. The van der Waals surface area contributed by atoms with Gasteiger partial charge in [-0.15, -0.1) is 11.3 Å². The zero-order valence-electron chi connectivity index (χ0n) is 5.90. The Bertz CT molecular complexity index is 244. The number of aromatic nitrogens is 1. The molecule has 3 nitrogen and oxygen atoms in total. The molecule has 0 saturated heterocycles. The summed E-state index contributed by atoms with van der Waals surface area (Å²) in [6.45, 7) is -0.00248. The van der Waals surface area contributed by atoms with E-state index in [2.05, 4.69) is 4.98 Å². The number of nitrogens with zero attached hydrogens (tertiary/aromatic N) is 1. The minimum atomic E-state index is -0.0243. The molecule has 0 aliphatic rings. The Morgan fingerprint density at radius 2 is 2.36 bits per heavy atom. The Hall–Kier alpha value is -0.710. The number of hydrogen-bond donors (Lipinski definition) is 2. The lowest BCUT2D eigenvalue weighted by molar-refractivity contribution is 0.277. The second-order valence-corrected chi connectivity index (χ2v) is 2.81. The molecule has 0 atom stereocenters. The molecule has 0 bridgehead atoms. The van der Waals surface area contributed by atoms with Gasteiger partial charge in [0.15, 0.2) is 0 Å². The van der Waals surface area contributed by atoms with Gasteiger partial charge in [0.05, 0.1) is 18.9 Å². The van der Waals surface area contributed by atoms with Crippen molar-refractivity contribution in [3.63, 3.8) is 0 Å². The predicted molar refractivity (Wildman–Crippen MR) is 44.2 cm³/mol. The molecule has 60 valence electrons. The van der Waals surface area contributed by atoms with Crippen molar-refractivity contribution >= 4 is 17.4 Å². The highest BCUT2D eigenvalue weighted by Crippen LogP contribution is 2.10. The van der Waals surface area contributed by atoms with Crippen molar-refractivity contribution in [3.8, 4) is 0 Å². The van der Waals surface area contributed by atoms with E-state index < -0.39 is 0 Å². The fourth-order valence-corrected chi connectivity index (χ4v) is 1.35. The summed E-state index contributed by atoms with van der Waals surface area (Å²) in [6, 6.07) is 0. The minimum absolute atomic E-state index is 0.0219. The largest absolute Gasteiger partial charge is 0.392 e. The fourth-order valence-electron chi connectivity index (χ4n) is 0.625. The maximum atomic E-state index is 8.65. The second kappa shape index (κ2) is 4.23. The first-order valence-corrected chi connectivity index (χ1v) is 4.07. The number of aliphatic hydroxyl groups is 2. The zero-order chi connectivity index (χ0) is 8.10. The Kier molecular flexibility index (Phi) is 3.22. The van der Waals surface area contributed by atoms with Gasteiger partial charge >= 0.3 is 0 Å². The van der Waals surface area contributed by atoms with Gasteiger partial charge in [-0.3, -0.25) is 0 Å². The summed E-state index contributed by atoms with van der Waals surface area (Å²) < 4.78 is 0. The molecule has 0 fully saturated rings. The van der Waals surface area contributed by atoms with Gasteiger partial charge in [0.1, 0.15) is 5.01 Å². The van der Waals surface area contributed by atoms with Gasteiger partial charge in [-0.1, -0.05) is 6.08 Å². The molecule has 0 spiro atoms. The van der Waals surface area contributed by atoms with Crippen molar-refractivity contribution in [3.05, 3.63) is 22.2 Å². The van der Waals surface area contributed by atoms with Crippen LogP contribution in [0.4, 0.5) is 0 Å². The van der Waals surface area contributed by atoms with Gasteiger partial charge in [-0.2, -0.15) is 0 Å².